The molecule has 0 aromatic heterocycles. The van der Waals surface area contributed by atoms with Gasteiger partial charge in [-0.3, -0.25) is 4.79 Å². The van der Waals surface area contributed by atoms with Crippen molar-refractivity contribution in [2.24, 2.45) is 0 Å². The van der Waals surface area contributed by atoms with E-state index in [0.717, 1.165) is 0 Å². The molecule has 0 aromatic rings. The standard InChI is InChI=1S/C9H8Cl2O3/c1-2-14-7(13)4-5-3-6(12)9(11)8(5)10/h4H,2-3H2,1H3/b5-4+. The van der Waals surface area contributed by atoms with Gasteiger partial charge in [0.05, 0.1) is 11.6 Å². The molecule has 14 heavy (non-hydrogen) atoms. The van der Waals surface area contributed by atoms with Gasteiger partial charge >= 0.3 is 5.97 Å². The molecule has 5 heteroatoms. The van der Waals surface area contributed by atoms with Crippen LogP contribution in [0, 0.1) is 0 Å². The second-order valence-electron chi connectivity index (χ2n) is 2.65. The quantitative estimate of drug-likeness (QED) is 0.544. The van der Waals surface area contributed by atoms with Gasteiger partial charge in [0, 0.05) is 12.5 Å². The molecule has 0 atom stereocenters. The Bertz CT molecular complexity index is 342. The maximum Gasteiger partial charge on any atom is 0.331 e. The molecule has 0 fully saturated rings. The van der Waals surface area contributed by atoms with E-state index in [1.165, 1.54) is 6.08 Å². The Morgan fingerprint density at radius 3 is 2.57 bits per heavy atom. The summed E-state index contributed by atoms with van der Waals surface area (Å²) in [5.41, 5.74) is 0.417. The predicted octanol–water partition coefficient (Wildman–Crippen LogP) is 2.14. The first kappa shape index (κ1) is 11.3. The lowest BCUT2D eigenvalue weighted by atomic mass is 10.2. The van der Waals surface area contributed by atoms with Crippen molar-refractivity contribution in [3.63, 3.8) is 0 Å². The van der Waals surface area contributed by atoms with E-state index in [4.69, 9.17) is 23.2 Å². The summed E-state index contributed by atoms with van der Waals surface area (Å²) in [6.07, 6.45) is 1.26. The average Bonchev–Trinajstić information content (AvgIpc) is 2.34. The molecular weight excluding hydrogens is 227 g/mol. The van der Waals surface area contributed by atoms with Crippen LogP contribution in [0.4, 0.5) is 0 Å². The lowest BCUT2D eigenvalue weighted by Crippen LogP contribution is -2.01. The van der Waals surface area contributed by atoms with Crippen molar-refractivity contribution in [1.82, 2.24) is 0 Å². The highest BCUT2D eigenvalue weighted by molar-refractivity contribution is 6.51. The minimum atomic E-state index is -0.514. The van der Waals surface area contributed by atoms with E-state index in [-0.39, 0.29) is 28.9 Å². The van der Waals surface area contributed by atoms with Crippen LogP contribution in [0.15, 0.2) is 21.7 Å². The molecule has 0 saturated heterocycles. The number of allylic oxidation sites excluding steroid dienone is 3. The van der Waals surface area contributed by atoms with Gasteiger partial charge in [-0.05, 0) is 12.5 Å². The van der Waals surface area contributed by atoms with Crippen LogP contribution < -0.4 is 0 Å². The van der Waals surface area contributed by atoms with E-state index in [1.807, 2.05) is 0 Å². The van der Waals surface area contributed by atoms with Gasteiger partial charge in [0.15, 0.2) is 5.78 Å². The van der Waals surface area contributed by atoms with E-state index in [2.05, 4.69) is 4.74 Å². The zero-order valence-corrected chi connectivity index (χ0v) is 8.98. The average molecular weight is 235 g/mol. The summed E-state index contributed by atoms with van der Waals surface area (Å²) in [6, 6.07) is 0. The maximum atomic E-state index is 11.1. The van der Waals surface area contributed by atoms with Gasteiger partial charge in [0.2, 0.25) is 0 Å². The van der Waals surface area contributed by atoms with Crippen molar-refractivity contribution in [3.8, 4) is 0 Å². The molecule has 0 bridgehead atoms. The van der Waals surface area contributed by atoms with Crippen LogP contribution in [0.3, 0.4) is 0 Å². The monoisotopic (exact) mass is 234 g/mol. The zero-order chi connectivity index (χ0) is 10.7. The molecule has 1 aliphatic carbocycles. The maximum absolute atomic E-state index is 11.1. The molecule has 0 N–H and O–H groups in total. The molecule has 0 spiro atoms. The summed E-state index contributed by atoms with van der Waals surface area (Å²) in [7, 11) is 0. The number of rotatable bonds is 2. The van der Waals surface area contributed by atoms with Crippen LogP contribution in [0.2, 0.25) is 0 Å². The lowest BCUT2D eigenvalue weighted by molar-refractivity contribution is -0.137. The molecule has 0 amide bonds. The molecule has 0 unspecified atom stereocenters. The van der Waals surface area contributed by atoms with Gasteiger partial charge in [-0.1, -0.05) is 23.2 Å². The molecule has 1 rings (SSSR count). The number of Topliss-reactive ketones (excluding diaryl/α,β-unsaturated/α-hetero) is 1. The first-order valence-corrected chi connectivity index (χ1v) is 4.78. The van der Waals surface area contributed by atoms with E-state index in [1.54, 1.807) is 6.92 Å². The molecule has 0 radical (unpaired) electrons. The number of ketones is 1. The van der Waals surface area contributed by atoms with Crippen molar-refractivity contribution in [3.05, 3.63) is 21.7 Å². The number of hydrogen-bond donors (Lipinski definition) is 0. The fourth-order valence-corrected chi connectivity index (χ4v) is 1.45. The van der Waals surface area contributed by atoms with Crippen LogP contribution in [-0.2, 0) is 14.3 Å². The first-order chi connectivity index (χ1) is 6.56. The van der Waals surface area contributed by atoms with Crippen LogP contribution >= 0.6 is 23.2 Å². The fraction of sp³-hybridized carbons (Fsp3) is 0.333. The van der Waals surface area contributed by atoms with Gasteiger partial charge in [-0.25, -0.2) is 4.79 Å². The van der Waals surface area contributed by atoms with E-state index in [0.29, 0.717) is 5.57 Å². The van der Waals surface area contributed by atoms with E-state index >= 15 is 0 Å². The van der Waals surface area contributed by atoms with Crippen LogP contribution in [0.25, 0.3) is 0 Å². The predicted molar refractivity (Wildman–Crippen MR) is 53.1 cm³/mol. The summed E-state index contributed by atoms with van der Waals surface area (Å²) in [5.74, 6) is -0.785. The summed E-state index contributed by atoms with van der Waals surface area (Å²) in [5, 5.41) is 0.131. The Labute approximate surface area is 91.3 Å². The highest BCUT2D eigenvalue weighted by Crippen LogP contribution is 2.33. The lowest BCUT2D eigenvalue weighted by Gasteiger charge is -1.97. The van der Waals surface area contributed by atoms with Gasteiger partial charge in [-0.15, -0.1) is 0 Å². The molecule has 0 aromatic carbocycles. The Kier molecular flexibility index (Phi) is 3.72. The minimum absolute atomic E-state index is 0.0118. The summed E-state index contributed by atoms with van der Waals surface area (Å²) >= 11 is 11.3. The summed E-state index contributed by atoms with van der Waals surface area (Å²) in [6.45, 7) is 1.98. The second kappa shape index (κ2) is 4.62. The summed E-state index contributed by atoms with van der Waals surface area (Å²) < 4.78 is 4.67. The van der Waals surface area contributed by atoms with E-state index < -0.39 is 5.97 Å². The number of esters is 1. The molecular formula is C9H8Cl2O3. The molecule has 76 valence electrons. The third kappa shape index (κ3) is 2.36. The minimum Gasteiger partial charge on any atom is -0.463 e. The molecule has 1 aliphatic rings. The van der Waals surface area contributed by atoms with Crippen LogP contribution in [-0.4, -0.2) is 18.4 Å². The Balaban J connectivity index is 2.82. The smallest absolute Gasteiger partial charge is 0.331 e. The number of carbonyl (C=O) groups excluding carboxylic acids is 2. The Hall–Kier alpha value is -0.800. The van der Waals surface area contributed by atoms with Gasteiger partial charge in [0.1, 0.15) is 5.03 Å². The zero-order valence-electron chi connectivity index (χ0n) is 7.47. The third-order valence-electron chi connectivity index (χ3n) is 1.65. The third-order valence-corrected chi connectivity index (χ3v) is 2.58. The largest absolute Gasteiger partial charge is 0.463 e. The number of ether oxygens (including phenoxy) is 1. The van der Waals surface area contributed by atoms with Crippen molar-refractivity contribution in [2.75, 3.05) is 6.61 Å². The number of halogens is 2. The SMILES string of the molecule is CCOC(=O)/C=C1\CC(=O)C(Cl)=C1Cl. The Morgan fingerprint density at radius 2 is 2.14 bits per heavy atom. The second-order valence-corrected chi connectivity index (χ2v) is 3.41. The van der Waals surface area contributed by atoms with Crippen molar-refractivity contribution in [1.29, 1.82) is 0 Å². The fourth-order valence-electron chi connectivity index (χ4n) is 1.03. The molecule has 0 saturated carbocycles. The molecule has 0 heterocycles. The Morgan fingerprint density at radius 1 is 1.50 bits per heavy atom. The van der Waals surface area contributed by atoms with Crippen molar-refractivity contribution >= 4 is 35.0 Å². The molecule has 0 aliphatic heterocycles. The number of hydrogen-bond acceptors (Lipinski definition) is 3. The van der Waals surface area contributed by atoms with Gasteiger partial charge in [0.25, 0.3) is 0 Å². The highest BCUT2D eigenvalue weighted by atomic mass is 35.5. The van der Waals surface area contributed by atoms with Crippen LogP contribution in [0.1, 0.15) is 13.3 Å². The van der Waals surface area contributed by atoms with Gasteiger partial charge in [-0.2, -0.15) is 0 Å². The van der Waals surface area contributed by atoms with Crippen molar-refractivity contribution in [2.45, 2.75) is 13.3 Å². The molecule has 3 nitrogen and oxygen atoms in total. The van der Waals surface area contributed by atoms with Crippen LogP contribution in [0.5, 0.6) is 0 Å². The normalized spacial score (nSPS) is 19.4. The van der Waals surface area contributed by atoms with Gasteiger partial charge < -0.3 is 4.74 Å². The number of carbonyl (C=O) groups is 2. The first-order valence-electron chi connectivity index (χ1n) is 4.02. The highest BCUT2D eigenvalue weighted by Gasteiger charge is 2.25. The van der Waals surface area contributed by atoms with Crippen molar-refractivity contribution < 1.29 is 14.3 Å². The van der Waals surface area contributed by atoms with E-state index in [9.17, 15) is 9.59 Å². The topological polar surface area (TPSA) is 43.4 Å². The summed E-state index contributed by atoms with van der Waals surface area (Å²) in [4.78, 5) is 22.1.